The van der Waals surface area contributed by atoms with Gasteiger partial charge >= 0.3 is 44.8 Å². The van der Waals surface area contributed by atoms with Crippen LogP contribution in [-0.4, -0.2) is 45.4 Å². The monoisotopic (exact) mass is 765 g/mol. The van der Waals surface area contributed by atoms with Crippen molar-refractivity contribution in [3.63, 3.8) is 0 Å². The van der Waals surface area contributed by atoms with Crippen LogP contribution >= 0.6 is 0 Å². The molecule has 0 bridgehead atoms. The maximum atomic E-state index is 8.89. The van der Waals surface area contributed by atoms with E-state index in [0.717, 1.165) is 0 Å². The Balaban J connectivity index is -0.0000000206. The standard InChI is InChI=1S/2Au.H3N.3H2O3S2.H2O/c;;;3*1-5(2,3)4;/h;;1H3;3*(H2,1,2,3,4);1H2/q2*+3;;;;;/p-6. The van der Waals surface area contributed by atoms with Crippen LogP contribution in [0.3, 0.4) is 0 Å². The summed E-state index contributed by atoms with van der Waals surface area (Å²) >= 11 is 9.73. The summed E-state index contributed by atoms with van der Waals surface area (Å²) in [6.07, 6.45) is 0. The van der Waals surface area contributed by atoms with Gasteiger partial charge in [0.25, 0.3) is 0 Å². The summed E-state index contributed by atoms with van der Waals surface area (Å²) in [7, 11) is -13.0. The van der Waals surface area contributed by atoms with Crippen molar-refractivity contribution in [2.75, 3.05) is 0 Å². The minimum atomic E-state index is -4.33. The Bertz CT molecular complexity index is 351. The van der Waals surface area contributed by atoms with Gasteiger partial charge in [0.05, 0.1) is 0 Å². The second-order valence-electron chi connectivity index (χ2n) is 1.22. The molecule has 0 aliphatic heterocycles. The molecule has 0 atom stereocenters. The van der Waals surface area contributed by atoms with E-state index in [1.165, 1.54) is 0 Å². The minimum Gasteiger partial charge on any atom is -0.780 e. The second-order valence-corrected chi connectivity index (χ2v) is 7.35. The molecule has 0 saturated heterocycles. The van der Waals surface area contributed by atoms with Crippen molar-refractivity contribution in [2.45, 2.75) is 0 Å². The molecule has 0 aromatic carbocycles. The molecule has 0 radical (unpaired) electrons. The normalized spacial score (nSPS) is 9.16. The Morgan fingerprint density at radius 1 is 0.579 bits per heavy atom. The van der Waals surface area contributed by atoms with Gasteiger partial charge in [-0.3, -0.25) is 12.6 Å². The fourth-order valence-electron chi connectivity index (χ4n) is 0. The van der Waals surface area contributed by atoms with Crippen molar-refractivity contribution in [1.29, 1.82) is 0 Å². The van der Waals surface area contributed by atoms with Crippen LogP contribution in [0.1, 0.15) is 0 Å². The molecule has 0 fully saturated rings. The minimum absolute atomic E-state index is 0. The smallest absolute Gasteiger partial charge is 0.780 e. The molecule has 0 heterocycles. The third-order valence-corrected chi connectivity index (χ3v) is 0. The van der Waals surface area contributed by atoms with Gasteiger partial charge in [-0.05, 0) is 33.6 Å². The Morgan fingerprint density at radius 2 is 0.579 bits per heavy atom. The molecule has 0 aliphatic rings. The average Bonchev–Trinajstić information content (AvgIpc) is 1.41. The number of hydrogen-bond acceptors (Lipinski definition) is 13. The van der Waals surface area contributed by atoms with E-state index in [9.17, 15) is 0 Å². The van der Waals surface area contributed by atoms with Crippen LogP contribution in [0.15, 0.2) is 0 Å². The largest absolute Gasteiger partial charge is 3.00 e. The summed E-state index contributed by atoms with van der Waals surface area (Å²) in [4.78, 5) is 0. The van der Waals surface area contributed by atoms with Gasteiger partial charge in [0, 0.05) is 0 Å². The average molecular weight is 765 g/mol. The molecule has 0 unspecified atom stereocenters. The molecule has 0 aromatic heterocycles. The Morgan fingerprint density at radius 3 is 0.579 bits per heavy atom. The van der Waals surface area contributed by atoms with Crippen LogP contribution in [0.25, 0.3) is 0 Å². The number of hydrogen-bond donors (Lipinski definition) is 1. The van der Waals surface area contributed by atoms with Gasteiger partial charge in [0.2, 0.25) is 0 Å². The van der Waals surface area contributed by atoms with Crippen LogP contribution < -0.4 is 6.15 Å². The molecule has 0 spiro atoms. The first kappa shape index (κ1) is 42.9. The molecular formula is H5Au2NO10S6. The summed E-state index contributed by atoms with van der Waals surface area (Å²) in [5.74, 6) is 0. The second kappa shape index (κ2) is 18.3. The van der Waals surface area contributed by atoms with E-state index >= 15 is 0 Å². The van der Waals surface area contributed by atoms with Crippen molar-refractivity contribution in [1.82, 2.24) is 6.15 Å². The first-order chi connectivity index (χ1) is 6.00. The van der Waals surface area contributed by atoms with Crippen molar-refractivity contribution in [3.8, 4) is 0 Å². The third kappa shape index (κ3) is 1310. The zero-order valence-electron chi connectivity index (χ0n) is 7.93. The molecule has 19 heteroatoms. The quantitative estimate of drug-likeness (QED) is 0.234. The molecular weight excluding hydrogens is 760 g/mol. The van der Waals surface area contributed by atoms with E-state index in [-0.39, 0.29) is 56.4 Å². The summed E-state index contributed by atoms with van der Waals surface area (Å²) < 4.78 is 80.0. The molecule has 5 N–H and O–H groups in total. The van der Waals surface area contributed by atoms with Crippen LogP contribution in [0.2, 0.25) is 0 Å². The van der Waals surface area contributed by atoms with Crippen molar-refractivity contribution in [3.05, 3.63) is 0 Å². The zero-order valence-corrected chi connectivity index (χ0v) is 17.2. The van der Waals surface area contributed by atoms with Crippen LogP contribution in [0.4, 0.5) is 0 Å². The van der Waals surface area contributed by atoms with E-state index in [1.54, 1.807) is 0 Å². The molecule has 0 aliphatic carbocycles. The van der Waals surface area contributed by atoms with Crippen LogP contribution in [0.5, 0.6) is 0 Å². The van der Waals surface area contributed by atoms with Crippen molar-refractivity contribution in [2.24, 2.45) is 0 Å². The Hall–Kier alpha value is 2.27. The van der Waals surface area contributed by atoms with Crippen LogP contribution in [-0.2, 0) is 105 Å². The molecule has 0 amide bonds. The zero-order chi connectivity index (χ0) is 13.5. The molecule has 128 valence electrons. The van der Waals surface area contributed by atoms with Crippen molar-refractivity contribution < 1.29 is 90.2 Å². The summed E-state index contributed by atoms with van der Waals surface area (Å²) in [6, 6.07) is 0. The fourth-order valence-corrected chi connectivity index (χ4v) is 0. The summed E-state index contributed by atoms with van der Waals surface area (Å²) in [6.45, 7) is 0. The van der Waals surface area contributed by atoms with Gasteiger partial charge in [-0.2, -0.15) is 0 Å². The topological polar surface area (TPSA) is 256 Å². The molecule has 19 heavy (non-hydrogen) atoms. The van der Waals surface area contributed by atoms with Crippen LogP contribution in [0, 0.1) is 0 Å². The van der Waals surface area contributed by atoms with Gasteiger partial charge in [0.15, 0.2) is 0 Å². The summed E-state index contributed by atoms with van der Waals surface area (Å²) in [5, 5.41) is 0. The first-order valence-corrected chi connectivity index (χ1v) is 9.00. The maximum absolute atomic E-state index is 8.89. The van der Waals surface area contributed by atoms with Gasteiger partial charge in [-0.1, -0.05) is 0 Å². The first-order valence-electron chi connectivity index (χ1n) is 2.00. The van der Waals surface area contributed by atoms with Gasteiger partial charge < -0.3 is 38.9 Å². The van der Waals surface area contributed by atoms with E-state index in [4.69, 9.17) is 39.9 Å². The van der Waals surface area contributed by atoms with E-state index in [2.05, 4.69) is 33.6 Å². The SMILES string of the molecule is N.O.O=S([O-])([O-])=S.O=S([O-])([O-])=S.O=S([O-])([O-])=S.[Au+3].[Au+3]. The molecule has 0 saturated carbocycles. The number of rotatable bonds is 0. The predicted molar refractivity (Wildman–Crippen MR) is 59.8 cm³/mol. The van der Waals surface area contributed by atoms with E-state index in [1.807, 2.05) is 0 Å². The van der Waals surface area contributed by atoms with Gasteiger partial charge in [-0.15, -0.1) is 27.2 Å². The van der Waals surface area contributed by atoms with Crippen molar-refractivity contribution >= 4 is 60.7 Å². The fraction of sp³-hybridized carbons (Fsp3) is 0. The molecule has 11 nitrogen and oxygen atoms in total. The Kier molecular flexibility index (Phi) is 41.4. The van der Waals surface area contributed by atoms with E-state index in [0.29, 0.717) is 0 Å². The molecule has 0 aromatic rings. The third-order valence-electron chi connectivity index (χ3n) is 0. The molecule has 0 rings (SSSR count). The predicted octanol–water partition coefficient (Wildman–Crippen LogP) is -3.69. The van der Waals surface area contributed by atoms with E-state index < -0.39 is 27.2 Å². The summed E-state index contributed by atoms with van der Waals surface area (Å²) in [5.41, 5.74) is 0. The van der Waals surface area contributed by atoms with Gasteiger partial charge in [-0.25, -0.2) is 0 Å². The maximum Gasteiger partial charge on any atom is 3.00 e. The van der Waals surface area contributed by atoms with Gasteiger partial charge in [0.1, 0.15) is 0 Å². The Labute approximate surface area is 155 Å².